The van der Waals surface area contributed by atoms with E-state index < -0.39 is 0 Å². The van der Waals surface area contributed by atoms with Crippen molar-refractivity contribution in [2.45, 2.75) is 33.7 Å². The van der Waals surface area contributed by atoms with Crippen LogP contribution in [0.3, 0.4) is 0 Å². The van der Waals surface area contributed by atoms with Crippen LogP contribution in [0.5, 0.6) is 0 Å². The average molecular weight is 178 g/mol. The summed E-state index contributed by atoms with van der Waals surface area (Å²) in [4.78, 5) is 4.10. The van der Waals surface area contributed by atoms with Crippen molar-refractivity contribution in [2.75, 3.05) is 5.32 Å². The number of nitrogens with zero attached hydrogens (tertiary/aromatic N) is 1. The highest BCUT2D eigenvalue weighted by Gasteiger charge is 2.07. The molecule has 1 rings (SSSR count). The molecule has 0 bridgehead atoms. The summed E-state index contributed by atoms with van der Waals surface area (Å²) in [5.41, 5.74) is 2.39. The van der Waals surface area contributed by atoms with Crippen LogP contribution in [0.25, 0.3) is 0 Å². The van der Waals surface area contributed by atoms with Crippen molar-refractivity contribution >= 4 is 5.69 Å². The van der Waals surface area contributed by atoms with E-state index in [-0.39, 0.29) is 0 Å². The van der Waals surface area contributed by atoms with Gasteiger partial charge in [0.15, 0.2) is 0 Å². The van der Waals surface area contributed by atoms with E-state index in [2.05, 4.69) is 38.0 Å². The summed E-state index contributed by atoms with van der Waals surface area (Å²) in [7, 11) is 0. The number of nitrogens with one attached hydrogen (secondary N) is 1. The van der Waals surface area contributed by atoms with Crippen molar-refractivity contribution in [3.63, 3.8) is 0 Å². The summed E-state index contributed by atoms with van der Waals surface area (Å²) in [6, 6.07) is 2.51. The SMILES string of the molecule is Cc1ccncc1N[C@@H](C)C(C)C. The highest BCUT2D eigenvalue weighted by molar-refractivity contribution is 5.48. The zero-order valence-electron chi connectivity index (χ0n) is 8.83. The largest absolute Gasteiger partial charge is 0.381 e. The molecule has 0 aliphatic carbocycles. The first kappa shape index (κ1) is 10.0. The molecule has 0 aromatic carbocycles. The van der Waals surface area contributed by atoms with E-state index in [1.165, 1.54) is 5.56 Å². The molecule has 1 aromatic heterocycles. The normalized spacial score (nSPS) is 13.0. The molecule has 0 spiro atoms. The Labute approximate surface area is 80.4 Å². The molecule has 0 aliphatic heterocycles. The predicted octanol–water partition coefficient (Wildman–Crippen LogP) is 2.85. The van der Waals surface area contributed by atoms with Crippen LogP contribution < -0.4 is 5.32 Å². The minimum atomic E-state index is 0.489. The van der Waals surface area contributed by atoms with Crippen molar-refractivity contribution in [1.82, 2.24) is 4.98 Å². The first-order chi connectivity index (χ1) is 6.11. The van der Waals surface area contributed by atoms with Gasteiger partial charge >= 0.3 is 0 Å². The standard InChI is InChI=1S/C11H18N2/c1-8(2)10(4)13-11-7-12-6-5-9(11)3/h5-8,10,13H,1-4H3/t10-/m0/s1. The fourth-order valence-electron chi connectivity index (χ4n) is 1.03. The molecule has 2 nitrogen and oxygen atoms in total. The van der Waals surface area contributed by atoms with Crippen molar-refractivity contribution in [1.29, 1.82) is 0 Å². The quantitative estimate of drug-likeness (QED) is 0.769. The van der Waals surface area contributed by atoms with Crippen LogP contribution in [0.15, 0.2) is 18.5 Å². The second-order valence-corrected chi connectivity index (χ2v) is 3.87. The number of rotatable bonds is 3. The smallest absolute Gasteiger partial charge is 0.0558 e. The lowest BCUT2D eigenvalue weighted by atomic mass is 10.1. The Morgan fingerprint density at radius 3 is 2.54 bits per heavy atom. The lowest BCUT2D eigenvalue weighted by molar-refractivity contribution is 0.559. The van der Waals surface area contributed by atoms with Gasteiger partial charge in [0.2, 0.25) is 0 Å². The van der Waals surface area contributed by atoms with E-state index in [1.807, 2.05) is 18.5 Å². The van der Waals surface area contributed by atoms with Crippen LogP contribution in [0.1, 0.15) is 26.3 Å². The Morgan fingerprint density at radius 2 is 2.00 bits per heavy atom. The van der Waals surface area contributed by atoms with Gasteiger partial charge in [0, 0.05) is 12.2 Å². The molecule has 72 valence electrons. The third-order valence-electron chi connectivity index (χ3n) is 2.42. The van der Waals surface area contributed by atoms with E-state index in [9.17, 15) is 0 Å². The van der Waals surface area contributed by atoms with Crippen LogP contribution in [0.4, 0.5) is 5.69 Å². The molecule has 0 aliphatic rings. The monoisotopic (exact) mass is 178 g/mol. The maximum atomic E-state index is 4.10. The van der Waals surface area contributed by atoms with E-state index in [0.29, 0.717) is 12.0 Å². The van der Waals surface area contributed by atoms with Gasteiger partial charge in [0.1, 0.15) is 0 Å². The second kappa shape index (κ2) is 4.26. The molecule has 0 amide bonds. The lowest BCUT2D eigenvalue weighted by Crippen LogP contribution is -2.21. The molecular formula is C11H18N2. The van der Waals surface area contributed by atoms with E-state index in [0.717, 1.165) is 5.69 Å². The summed E-state index contributed by atoms with van der Waals surface area (Å²) in [5.74, 6) is 0.639. The van der Waals surface area contributed by atoms with Crippen LogP contribution in [-0.4, -0.2) is 11.0 Å². The first-order valence-corrected chi connectivity index (χ1v) is 4.78. The number of aryl methyl sites for hydroxylation is 1. The lowest BCUT2D eigenvalue weighted by Gasteiger charge is -2.19. The van der Waals surface area contributed by atoms with Crippen LogP contribution in [0.2, 0.25) is 0 Å². The fraction of sp³-hybridized carbons (Fsp3) is 0.545. The Hall–Kier alpha value is -1.05. The summed E-state index contributed by atoms with van der Waals surface area (Å²) in [6.45, 7) is 8.71. The van der Waals surface area contributed by atoms with Gasteiger partial charge in [-0.3, -0.25) is 4.98 Å². The van der Waals surface area contributed by atoms with Gasteiger partial charge < -0.3 is 5.32 Å². The number of anilines is 1. The van der Waals surface area contributed by atoms with Gasteiger partial charge in [-0.1, -0.05) is 13.8 Å². The van der Waals surface area contributed by atoms with Gasteiger partial charge in [0.25, 0.3) is 0 Å². The maximum Gasteiger partial charge on any atom is 0.0558 e. The van der Waals surface area contributed by atoms with Crippen molar-refractivity contribution in [3.8, 4) is 0 Å². The summed E-state index contributed by atoms with van der Waals surface area (Å²) >= 11 is 0. The highest BCUT2D eigenvalue weighted by Crippen LogP contribution is 2.15. The third-order valence-corrected chi connectivity index (χ3v) is 2.42. The molecule has 0 saturated carbocycles. The van der Waals surface area contributed by atoms with Gasteiger partial charge in [-0.2, -0.15) is 0 Å². The zero-order chi connectivity index (χ0) is 9.84. The van der Waals surface area contributed by atoms with Crippen molar-refractivity contribution < 1.29 is 0 Å². The Bertz CT molecular complexity index is 269. The van der Waals surface area contributed by atoms with Gasteiger partial charge in [0.05, 0.1) is 11.9 Å². The van der Waals surface area contributed by atoms with E-state index in [4.69, 9.17) is 0 Å². The molecule has 0 unspecified atom stereocenters. The molecule has 1 heterocycles. The first-order valence-electron chi connectivity index (χ1n) is 4.78. The van der Waals surface area contributed by atoms with Gasteiger partial charge in [-0.05, 0) is 31.4 Å². The molecule has 0 radical (unpaired) electrons. The minimum Gasteiger partial charge on any atom is -0.381 e. The molecular weight excluding hydrogens is 160 g/mol. The van der Waals surface area contributed by atoms with Crippen LogP contribution in [-0.2, 0) is 0 Å². The highest BCUT2D eigenvalue weighted by atomic mass is 14.9. The second-order valence-electron chi connectivity index (χ2n) is 3.87. The average Bonchev–Trinajstić information content (AvgIpc) is 2.08. The molecule has 0 fully saturated rings. The summed E-state index contributed by atoms with van der Waals surface area (Å²) in [5, 5.41) is 3.45. The topological polar surface area (TPSA) is 24.9 Å². The number of pyridine rings is 1. The Balaban J connectivity index is 2.69. The zero-order valence-corrected chi connectivity index (χ0v) is 8.83. The number of aromatic nitrogens is 1. The van der Waals surface area contributed by atoms with Crippen LogP contribution in [0, 0.1) is 12.8 Å². The maximum absolute atomic E-state index is 4.10. The number of hydrogen-bond donors (Lipinski definition) is 1. The fourth-order valence-corrected chi connectivity index (χ4v) is 1.03. The third kappa shape index (κ3) is 2.72. The molecule has 0 saturated heterocycles. The van der Waals surface area contributed by atoms with E-state index in [1.54, 1.807) is 0 Å². The van der Waals surface area contributed by atoms with Crippen molar-refractivity contribution in [3.05, 3.63) is 24.0 Å². The van der Waals surface area contributed by atoms with E-state index >= 15 is 0 Å². The molecule has 13 heavy (non-hydrogen) atoms. The summed E-state index contributed by atoms with van der Waals surface area (Å²) in [6.07, 6.45) is 3.70. The van der Waals surface area contributed by atoms with Gasteiger partial charge in [-0.25, -0.2) is 0 Å². The Kier molecular flexibility index (Phi) is 3.29. The predicted molar refractivity (Wildman–Crippen MR) is 56.9 cm³/mol. The Morgan fingerprint density at radius 1 is 1.31 bits per heavy atom. The van der Waals surface area contributed by atoms with Crippen molar-refractivity contribution in [2.24, 2.45) is 5.92 Å². The van der Waals surface area contributed by atoms with Crippen LogP contribution >= 0.6 is 0 Å². The molecule has 1 aromatic rings. The molecule has 1 atom stereocenters. The molecule has 1 N–H and O–H groups in total. The number of hydrogen-bond acceptors (Lipinski definition) is 2. The minimum absolute atomic E-state index is 0.489. The molecule has 2 heteroatoms. The van der Waals surface area contributed by atoms with Gasteiger partial charge in [-0.15, -0.1) is 0 Å². The summed E-state index contributed by atoms with van der Waals surface area (Å²) < 4.78 is 0.